The summed E-state index contributed by atoms with van der Waals surface area (Å²) in [5, 5.41) is 10.5. The van der Waals surface area contributed by atoms with E-state index in [9.17, 15) is 13.2 Å². The Kier molecular flexibility index (Phi) is 6.84. The molecule has 0 amide bonds. The van der Waals surface area contributed by atoms with Crippen LogP contribution in [0.4, 0.5) is 13.2 Å². The Morgan fingerprint density at radius 3 is 2.59 bits per heavy atom. The first-order chi connectivity index (χ1) is 12.7. The number of alkyl halides is 3. The highest BCUT2D eigenvalue weighted by Gasteiger charge is 2.30. The van der Waals surface area contributed by atoms with E-state index in [4.69, 9.17) is 0 Å². The van der Waals surface area contributed by atoms with Crippen LogP contribution in [0.3, 0.4) is 0 Å². The number of rotatable bonds is 6. The number of guanidine groups is 1. The lowest BCUT2D eigenvalue weighted by molar-refractivity contribution is -0.137. The highest BCUT2D eigenvalue weighted by molar-refractivity contribution is 5.79. The molecule has 1 aromatic heterocycles. The number of benzene rings is 1. The molecule has 0 bridgehead atoms. The van der Waals surface area contributed by atoms with Crippen LogP contribution in [0, 0.1) is 0 Å². The fourth-order valence-electron chi connectivity index (χ4n) is 2.67. The fourth-order valence-corrected chi connectivity index (χ4v) is 2.67. The van der Waals surface area contributed by atoms with Crippen LogP contribution in [0.15, 0.2) is 41.7 Å². The van der Waals surface area contributed by atoms with Crippen molar-refractivity contribution in [3.8, 4) is 0 Å². The maximum atomic E-state index is 12.8. The highest BCUT2D eigenvalue weighted by Crippen LogP contribution is 2.29. The van der Waals surface area contributed by atoms with E-state index in [0.717, 1.165) is 17.7 Å². The standard InChI is InChI=1S/C18H25F3N6/c1-22-17(23-9-13-6-5-7-15(8-13)18(19,20)21)24-11-16(26(2)3)14-10-25-27(4)12-14/h5-8,10,12,16H,9,11H2,1-4H3,(H2,22,23,24). The topological polar surface area (TPSA) is 57.5 Å². The Morgan fingerprint density at radius 2 is 2.04 bits per heavy atom. The maximum absolute atomic E-state index is 12.8. The third-order valence-corrected chi connectivity index (χ3v) is 4.13. The van der Waals surface area contributed by atoms with Gasteiger partial charge in [0.05, 0.1) is 17.8 Å². The Hall–Kier alpha value is -2.55. The summed E-state index contributed by atoms with van der Waals surface area (Å²) < 4.78 is 40.2. The van der Waals surface area contributed by atoms with Crippen LogP contribution in [0.1, 0.15) is 22.7 Å². The molecular weight excluding hydrogens is 357 g/mol. The van der Waals surface area contributed by atoms with E-state index >= 15 is 0 Å². The van der Waals surface area contributed by atoms with Crippen molar-refractivity contribution in [1.29, 1.82) is 0 Å². The van der Waals surface area contributed by atoms with Crippen molar-refractivity contribution in [1.82, 2.24) is 25.3 Å². The van der Waals surface area contributed by atoms with Crippen molar-refractivity contribution in [2.75, 3.05) is 27.7 Å². The minimum Gasteiger partial charge on any atom is -0.354 e. The number of nitrogens with zero attached hydrogens (tertiary/aromatic N) is 4. The average Bonchev–Trinajstić information content (AvgIpc) is 3.03. The second-order valence-electron chi connectivity index (χ2n) is 6.43. The first-order valence-electron chi connectivity index (χ1n) is 8.46. The molecule has 1 unspecified atom stereocenters. The molecule has 0 saturated heterocycles. The summed E-state index contributed by atoms with van der Waals surface area (Å²) in [6.45, 7) is 0.810. The average molecular weight is 382 g/mol. The zero-order chi connectivity index (χ0) is 20.0. The zero-order valence-electron chi connectivity index (χ0n) is 15.9. The van der Waals surface area contributed by atoms with Crippen LogP contribution in [-0.2, 0) is 19.8 Å². The molecular formula is C18H25F3N6. The van der Waals surface area contributed by atoms with Gasteiger partial charge in [0.2, 0.25) is 0 Å². The lowest BCUT2D eigenvalue weighted by atomic mass is 10.1. The summed E-state index contributed by atoms with van der Waals surface area (Å²) in [6.07, 6.45) is -0.588. The van der Waals surface area contributed by atoms with E-state index in [2.05, 4.69) is 25.6 Å². The van der Waals surface area contributed by atoms with E-state index in [1.807, 2.05) is 33.5 Å². The Morgan fingerprint density at radius 1 is 1.30 bits per heavy atom. The van der Waals surface area contributed by atoms with Gasteiger partial charge < -0.3 is 15.5 Å². The molecule has 1 atom stereocenters. The van der Waals surface area contributed by atoms with Gasteiger partial charge >= 0.3 is 6.18 Å². The zero-order valence-corrected chi connectivity index (χ0v) is 15.9. The number of aromatic nitrogens is 2. The van der Waals surface area contributed by atoms with E-state index in [-0.39, 0.29) is 12.6 Å². The summed E-state index contributed by atoms with van der Waals surface area (Å²) in [5.41, 5.74) is 0.932. The smallest absolute Gasteiger partial charge is 0.354 e. The van der Waals surface area contributed by atoms with Crippen molar-refractivity contribution < 1.29 is 13.2 Å². The summed E-state index contributed by atoms with van der Waals surface area (Å²) in [5.74, 6) is 0.517. The Balaban J connectivity index is 1.96. The molecule has 1 aromatic carbocycles. The molecule has 1 heterocycles. The van der Waals surface area contributed by atoms with Crippen LogP contribution < -0.4 is 10.6 Å². The highest BCUT2D eigenvalue weighted by atomic mass is 19.4. The third kappa shape index (κ3) is 5.99. The van der Waals surface area contributed by atoms with Gasteiger partial charge in [-0.1, -0.05) is 12.1 Å². The fraction of sp³-hybridized carbons (Fsp3) is 0.444. The SMILES string of the molecule is CN=C(NCc1cccc(C(F)(F)F)c1)NCC(c1cnn(C)c1)N(C)C. The molecule has 0 saturated carbocycles. The van der Waals surface area contributed by atoms with Crippen LogP contribution >= 0.6 is 0 Å². The molecule has 2 aromatic rings. The molecule has 27 heavy (non-hydrogen) atoms. The predicted molar refractivity (Wildman–Crippen MR) is 99.3 cm³/mol. The normalized spacial score (nSPS) is 13.7. The van der Waals surface area contributed by atoms with Gasteiger partial charge in [0, 0.05) is 38.9 Å². The molecule has 2 rings (SSSR count). The van der Waals surface area contributed by atoms with Gasteiger partial charge in [0.15, 0.2) is 5.96 Å². The monoisotopic (exact) mass is 382 g/mol. The molecule has 0 aliphatic carbocycles. The van der Waals surface area contributed by atoms with Gasteiger partial charge in [-0.3, -0.25) is 9.67 Å². The largest absolute Gasteiger partial charge is 0.416 e. The molecule has 0 fully saturated rings. The number of nitrogens with one attached hydrogen (secondary N) is 2. The summed E-state index contributed by atoms with van der Waals surface area (Å²) in [4.78, 5) is 6.20. The lowest BCUT2D eigenvalue weighted by Crippen LogP contribution is -2.41. The Labute approximate surface area is 157 Å². The summed E-state index contributed by atoms with van der Waals surface area (Å²) >= 11 is 0. The molecule has 0 aliphatic heterocycles. The van der Waals surface area contributed by atoms with Gasteiger partial charge in [-0.25, -0.2) is 0 Å². The number of hydrogen-bond donors (Lipinski definition) is 2. The second kappa shape index (κ2) is 8.90. The first kappa shape index (κ1) is 20.8. The minimum absolute atomic E-state index is 0.0748. The van der Waals surface area contributed by atoms with Crippen LogP contribution in [0.2, 0.25) is 0 Å². The Bertz CT molecular complexity index is 766. The minimum atomic E-state index is -4.35. The van der Waals surface area contributed by atoms with E-state index < -0.39 is 11.7 Å². The van der Waals surface area contributed by atoms with Crippen molar-refractivity contribution in [3.05, 3.63) is 53.3 Å². The summed E-state index contributed by atoms with van der Waals surface area (Å²) in [6, 6.07) is 5.32. The van der Waals surface area contributed by atoms with Gasteiger partial charge in [-0.05, 0) is 31.8 Å². The van der Waals surface area contributed by atoms with E-state index in [0.29, 0.717) is 18.1 Å². The molecule has 2 N–H and O–H groups in total. The van der Waals surface area contributed by atoms with Gasteiger partial charge in [0.1, 0.15) is 0 Å². The maximum Gasteiger partial charge on any atom is 0.416 e. The molecule has 0 spiro atoms. The van der Waals surface area contributed by atoms with Crippen molar-refractivity contribution in [3.63, 3.8) is 0 Å². The van der Waals surface area contributed by atoms with Gasteiger partial charge in [-0.15, -0.1) is 0 Å². The number of likely N-dealkylation sites (N-methyl/N-ethyl adjacent to an activating group) is 1. The molecule has 9 heteroatoms. The van der Waals surface area contributed by atoms with Crippen molar-refractivity contribution >= 4 is 5.96 Å². The van der Waals surface area contributed by atoms with Gasteiger partial charge in [0.25, 0.3) is 0 Å². The van der Waals surface area contributed by atoms with Crippen LogP contribution in [0.25, 0.3) is 0 Å². The van der Waals surface area contributed by atoms with Crippen LogP contribution in [-0.4, -0.2) is 48.3 Å². The number of halogens is 3. The van der Waals surface area contributed by atoms with E-state index in [1.54, 1.807) is 17.8 Å². The van der Waals surface area contributed by atoms with Crippen LogP contribution in [0.5, 0.6) is 0 Å². The van der Waals surface area contributed by atoms with Gasteiger partial charge in [-0.2, -0.15) is 18.3 Å². The predicted octanol–water partition coefficient (Wildman–Crippen LogP) is 2.41. The number of aliphatic imine (C=N–C) groups is 1. The van der Waals surface area contributed by atoms with Crippen molar-refractivity contribution in [2.45, 2.75) is 18.8 Å². The summed E-state index contributed by atoms with van der Waals surface area (Å²) in [7, 11) is 7.42. The van der Waals surface area contributed by atoms with E-state index in [1.165, 1.54) is 6.07 Å². The number of aryl methyl sites for hydroxylation is 1. The molecule has 0 radical (unpaired) electrons. The quantitative estimate of drug-likeness (QED) is 0.595. The lowest BCUT2D eigenvalue weighted by Gasteiger charge is -2.24. The number of hydrogen-bond acceptors (Lipinski definition) is 3. The van der Waals surface area contributed by atoms with Crippen molar-refractivity contribution in [2.24, 2.45) is 12.0 Å². The first-order valence-corrected chi connectivity index (χ1v) is 8.46. The third-order valence-electron chi connectivity index (χ3n) is 4.13. The molecule has 148 valence electrons. The molecule has 6 nitrogen and oxygen atoms in total. The second-order valence-corrected chi connectivity index (χ2v) is 6.43. The molecule has 0 aliphatic rings.